The predicted molar refractivity (Wildman–Crippen MR) is 95.6 cm³/mol. The molecule has 106 valence electrons. The highest BCUT2D eigenvalue weighted by molar-refractivity contribution is 14.1. The third kappa shape index (κ3) is 2.79. The van der Waals surface area contributed by atoms with Crippen LogP contribution in [0.25, 0.3) is 0 Å². The van der Waals surface area contributed by atoms with E-state index in [9.17, 15) is 0 Å². The van der Waals surface area contributed by atoms with E-state index in [2.05, 4.69) is 80.9 Å². The summed E-state index contributed by atoms with van der Waals surface area (Å²) in [5, 5.41) is 0. The number of hydrogen-bond donors (Lipinski definition) is 0. The summed E-state index contributed by atoms with van der Waals surface area (Å²) < 4.78 is 16.3. The van der Waals surface area contributed by atoms with Crippen molar-refractivity contribution in [3.8, 4) is 11.5 Å². The Morgan fingerprint density at radius 2 is 1.60 bits per heavy atom. The molecule has 5 heteroatoms. The third-order valence-electron chi connectivity index (χ3n) is 3.26. The van der Waals surface area contributed by atoms with Crippen LogP contribution in [0.2, 0.25) is 0 Å². The molecule has 0 unspecified atom stereocenters. The largest absolute Gasteiger partial charge is 0.487 e. The van der Waals surface area contributed by atoms with Crippen molar-refractivity contribution >= 4 is 45.2 Å². The maximum absolute atomic E-state index is 5.93. The van der Waals surface area contributed by atoms with Crippen LogP contribution in [-0.2, 0) is 6.54 Å². The summed E-state index contributed by atoms with van der Waals surface area (Å²) in [6.45, 7) is 4.42. The van der Waals surface area contributed by atoms with Crippen molar-refractivity contribution in [3.05, 3.63) is 43.3 Å². The molecule has 2 heterocycles. The van der Waals surface area contributed by atoms with Gasteiger partial charge in [0, 0.05) is 12.5 Å². The molecule has 0 atom stereocenters. The number of benzene rings is 1. The molecular formula is C15H15I2NO2. The van der Waals surface area contributed by atoms with E-state index in [1.165, 1.54) is 5.56 Å². The van der Waals surface area contributed by atoms with Crippen molar-refractivity contribution in [2.24, 2.45) is 5.92 Å². The number of halogens is 2. The van der Waals surface area contributed by atoms with E-state index >= 15 is 0 Å². The number of rotatable bonds is 2. The molecule has 0 saturated heterocycles. The van der Waals surface area contributed by atoms with Crippen molar-refractivity contribution in [1.82, 2.24) is 4.57 Å². The Morgan fingerprint density at radius 1 is 1.05 bits per heavy atom. The summed E-state index contributed by atoms with van der Waals surface area (Å²) in [6.07, 6.45) is 0. The summed E-state index contributed by atoms with van der Waals surface area (Å²) >= 11 is 4.70. The van der Waals surface area contributed by atoms with Crippen molar-refractivity contribution in [3.63, 3.8) is 0 Å². The van der Waals surface area contributed by atoms with Gasteiger partial charge in [0.2, 0.25) is 0 Å². The van der Waals surface area contributed by atoms with Crippen LogP contribution in [0.5, 0.6) is 11.5 Å². The van der Waals surface area contributed by atoms with E-state index < -0.39 is 0 Å². The lowest BCUT2D eigenvalue weighted by molar-refractivity contribution is 0.224. The Hall–Kier alpha value is -0.440. The zero-order chi connectivity index (χ0) is 14.1. The summed E-state index contributed by atoms with van der Waals surface area (Å²) in [6, 6.07) is 10.5. The van der Waals surface area contributed by atoms with Gasteiger partial charge in [0.25, 0.3) is 0 Å². The van der Waals surface area contributed by atoms with Gasteiger partial charge in [-0.3, -0.25) is 0 Å². The first-order chi connectivity index (χ1) is 9.66. The van der Waals surface area contributed by atoms with Crippen molar-refractivity contribution in [2.45, 2.75) is 13.5 Å². The van der Waals surface area contributed by atoms with Crippen LogP contribution in [0.4, 0.5) is 0 Å². The molecule has 0 amide bonds. The topological polar surface area (TPSA) is 23.4 Å². The fraction of sp³-hybridized carbons (Fsp3) is 0.333. The minimum Gasteiger partial charge on any atom is -0.487 e. The summed E-state index contributed by atoms with van der Waals surface area (Å²) in [5.41, 5.74) is 1.28. The number of hydrogen-bond acceptors (Lipinski definition) is 2. The van der Waals surface area contributed by atoms with Crippen LogP contribution in [0.3, 0.4) is 0 Å². The van der Waals surface area contributed by atoms with Gasteiger partial charge in [0.05, 0.1) is 13.2 Å². The molecule has 0 saturated carbocycles. The van der Waals surface area contributed by atoms with E-state index in [1.54, 1.807) is 0 Å². The van der Waals surface area contributed by atoms with E-state index in [1.807, 2.05) is 6.07 Å². The summed E-state index contributed by atoms with van der Waals surface area (Å²) in [5.74, 6) is 2.22. The van der Waals surface area contributed by atoms with Gasteiger partial charge in [0.1, 0.15) is 7.40 Å². The van der Waals surface area contributed by atoms with Gasteiger partial charge in [-0.25, -0.2) is 0 Å². The zero-order valence-corrected chi connectivity index (χ0v) is 15.4. The summed E-state index contributed by atoms with van der Waals surface area (Å²) in [4.78, 5) is 0. The van der Waals surface area contributed by atoms with E-state index in [0.717, 1.165) is 25.4 Å². The van der Waals surface area contributed by atoms with Crippen LogP contribution < -0.4 is 9.47 Å². The summed E-state index contributed by atoms with van der Waals surface area (Å²) in [7, 11) is 0. The molecule has 1 aromatic heterocycles. The molecule has 1 aliphatic heterocycles. The van der Waals surface area contributed by atoms with Gasteiger partial charge in [-0.1, -0.05) is 37.3 Å². The highest BCUT2D eigenvalue weighted by Gasteiger charge is 2.26. The average molecular weight is 495 g/mol. The standard InChI is InChI=1S/C15H15I2NO2/c1-10-8-19-12-13(20-9-10)15(17)18(14(12)16)7-11-5-3-2-4-6-11/h2-6,10H,7-9H2,1H3. The number of ether oxygens (including phenoxy) is 2. The number of nitrogens with zero attached hydrogens (tertiary/aromatic N) is 1. The van der Waals surface area contributed by atoms with Gasteiger partial charge in [-0.15, -0.1) is 0 Å². The smallest absolute Gasteiger partial charge is 0.194 e. The first-order valence-corrected chi connectivity index (χ1v) is 8.69. The molecule has 3 rings (SSSR count). The second-order valence-electron chi connectivity index (χ2n) is 5.04. The average Bonchev–Trinajstić information content (AvgIpc) is 2.61. The van der Waals surface area contributed by atoms with E-state index in [4.69, 9.17) is 9.47 Å². The van der Waals surface area contributed by atoms with Gasteiger partial charge < -0.3 is 14.0 Å². The lowest BCUT2D eigenvalue weighted by Crippen LogP contribution is -2.14. The molecule has 2 aromatic rings. The first-order valence-electron chi connectivity index (χ1n) is 6.54. The molecular weight excluding hydrogens is 480 g/mol. The van der Waals surface area contributed by atoms with Crippen LogP contribution in [0.1, 0.15) is 12.5 Å². The van der Waals surface area contributed by atoms with Crippen molar-refractivity contribution < 1.29 is 9.47 Å². The molecule has 0 bridgehead atoms. The molecule has 3 nitrogen and oxygen atoms in total. The normalized spacial score (nSPS) is 15.2. The van der Waals surface area contributed by atoms with Crippen LogP contribution in [0, 0.1) is 13.3 Å². The monoisotopic (exact) mass is 495 g/mol. The maximum Gasteiger partial charge on any atom is 0.194 e. The lowest BCUT2D eigenvalue weighted by Gasteiger charge is -2.10. The second kappa shape index (κ2) is 6.13. The van der Waals surface area contributed by atoms with Gasteiger partial charge >= 0.3 is 0 Å². The minimum atomic E-state index is 0.427. The van der Waals surface area contributed by atoms with Crippen molar-refractivity contribution in [1.29, 1.82) is 0 Å². The van der Waals surface area contributed by atoms with Crippen LogP contribution in [-0.4, -0.2) is 17.8 Å². The van der Waals surface area contributed by atoms with Gasteiger partial charge in [0.15, 0.2) is 11.5 Å². The fourth-order valence-corrected chi connectivity index (χ4v) is 4.26. The molecule has 0 radical (unpaired) electrons. The molecule has 0 fully saturated rings. The molecule has 1 aromatic carbocycles. The molecule has 0 aliphatic carbocycles. The van der Waals surface area contributed by atoms with Crippen LogP contribution >= 0.6 is 45.2 Å². The zero-order valence-electron chi connectivity index (χ0n) is 11.1. The second-order valence-corrected chi connectivity index (χ2v) is 7.08. The van der Waals surface area contributed by atoms with Gasteiger partial charge in [-0.2, -0.15) is 0 Å². The molecule has 0 N–H and O–H groups in total. The Morgan fingerprint density at radius 3 is 2.15 bits per heavy atom. The Kier molecular flexibility index (Phi) is 4.44. The first kappa shape index (κ1) is 14.5. The predicted octanol–water partition coefficient (Wildman–Crippen LogP) is 4.15. The van der Waals surface area contributed by atoms with E-state index in [0.29, 0.717) is 19.1 Å². The van der Waals surface area contributed by atoms with Crippen molar-refractivity contribution in [2.75, 3.05) is 13.2 Å². The molecule has 0 spiro atoms. The van der Waals surface area contributed by atoms with Gasteiger partial charge in [-0.05, 0) is 50.7 Å². The fourth-order valence-electron chi connectivity index (χ4n) is 2.17. The minimum absolute atomic E-state index is 0.427. The number of fused-ring (bicyclic) bond motifs is 1. The maximum atomic E-state index is 5.93. The third-order valence-corrected chi connectivity index (χ3v) is 5.41. The Balaban J connectivity index is 1.96. The highest BCUT2D eigenvalue weighted by Crippen LogP contribution is 2.41. The Labute approximate surface area is 145 Å². The quantitative estimate of drug-likeness (QED) is 0.585. The Bertz CT molecular complexity index is 579. The highest BCUT2D eigenvalue weighted by atomic mass is 127. The number of aromatic nitrogens is 1. The van der Waals surface area contributed by atoms with E-state index in [-0.39, 0.29) is 0 Å². The van der Waals surface area contributed by atoms with Crippen LogP contribution in [0.15, 0.2) is 30.3 Å². The SMILES string of the molecule is CC1COc2c(c(I)n(Cc3ccccc3)c2I)OC1. The molecule has 1 aliphatic rings. The lowest BCUT2D eigenvalue weighted by atomic mass is 10.2. The molecule has 20 heavy (non-hydrogen) atoms.